The monoisotopic (exact) mass is 262 g/mol. The molecule has 0 spiro atoms. The zero-order valence-electron chi connectivity index (χ0n) is 12.1. The van der Waals surface area contributed by atoms with E-state index >= 15 is 0 Å². The number of nitrogens with zero attached hydrogens (tertiary/aromatic N) is 2. The Hall–Kier alpha value is -1.58. The van der Waals surface area contributed by atoms with Gasteiger partial charge < -0.3 is 9.64 Å². The molecule has 0 unspecified atom stereocenters. The number of ether oxygens (including phenoxy) is 1. The van der Waals surface area contributed by atoms with Gasteiger partial charge in [0.2, 0.25) is 0 Å². The summed E-state index contributed by atoms with van der Waals surface area (Å²) in [5, 5.41) is 0. The Bertz CT molecular complexity index is 465. The fourth-order valence-corrected chi connectivity index (χ4v) is 2.45. The summed E-state index contributed by atoms with van der Waals surface area (Å²) < 4.78 is 5.48. The highest BCUT2D eigenvalue weighted by molar-refractivity contribution is 5.69. The third-order valence-electron chi connectivity index (χ3n) is 3.32. The van der Waals surface area contributed by atoms with Crippen LogP contribution in [0.3, 0.4) is 0 Å². The predicted octanol–water partition coefficient (Wildman–Crippen LogP) is 3.46. The zero-order chi connectivity index (χ0) is 14.0. The molecule has 2 rings (SSSR count). The summed E-state index contributed by atoms with van der Waals surface area (Å²) in [4.78, 5) is 18.2. The van der Waals surface area contributed by atoms with Crippen molar-refractivity contribution in [1.82, 2.24) is 9.88 Å². The smallest absolute Gasteiger partial charge is 0.410 e. The van der Waals surface area contributed by atoms with Crippen LogP contribution in [0, 0.1) is 6.92 Å². The molecule has 1 aliphatic heterocycles. The maximum absolute atomic E-state index is 12.2. The van der Waals surface area contributed by atoms with Gasteiger partial charge in [0, 0.05) is 18.9 Å². The standard InChI is InChI=1S/C15H22N2O2/c1-11-7-8-16-10-12(11)13-6-5-9-17(13)14(18)19-15(2,3)4/h7-8,10,13H,5-6,9H2,1-4H3/t13-/m0/s1. The summed E-state index contributed by atoms with van der Waals surface area (Å²) in [6.45, 7) is 8.50. The first-order valence-corrected chi connectivity index (χ1v) is 6.78. The zero-order valence-corrected chi connectivity index (χ0v) is 12.1. The molecule has 0 bridgehead atoms. The molecule has 19 heavy (non-hydrogen) atoms. The number of rotatable bonds is 1. The molecule has 0 N–H and O–H groups in total. The molecule has 0 aliphatic carbocycles. The maximum Gasteiger partial charge on any atom is 0.410 e. The summed E-state index contributed by atoms with van der Waals surface area (Å²) in [7, 11) is 0. The molecule has 104 valence electrons. The minimum absolute atomic E-state index is 0.101. The first-order valence-electron chi connectivity index (χ1n) is 6.78. The molecule has 1 aromatic rings. The van der Waals surface area contributed by atoms with Crippen molar-refractivity contribution in [3.05, 3.63) is 29.6 Å². The van der Waals surface area contributed by atoms with Crippen molar-refractivity contribution in [3.8, 4) is 0 Å². The number of amides is 1. The first-order chi connectivity index (χ1) is 8.88. The number of pyridine rings is 1. The molecule has 1 amide bonds. The largest absolute Gasteiger partial charge is 0.444 e. The molecular formula is C15H22N2O2. The Kier molecular flexibility index (Phi) is 3.78. The van der Waals surface area contributed by atoms with E-state index in [0.29, 0.717) is 0 Å². The van der Waals surface area contributed by atoms with E-state index in [1.165, 1.54) is 5.56 Å². The molecule has 0 radical (unpaired) electrons. The van der Waals surface area contributed by atoms with Gasteiger partial charge in [-0.1, -0.05) is 0 Å². The second kappa shape index (κ2) is 5.19. The Labute approximate surface area is 114 Å². The van der Waals surface area contributed by atoms with Crippen molar-refractivity contribution >= 4 is 6.09 Å². The van der Waals surface area contributed by atoms with Gasteiger partial charge in [0.25, 0.3) is 0 Å². The van der Waals surface area contributed by atoms with E-state index in [1.54, 1.807) is 6.20 Å². The third-order valence-corrected chi connectivity index (χ3v) is 3.32. The molecule has 2 heterocycles. The molecule has 1 fully saturated rings. The van der Waals surface area contributed by atoms with Crippen molar-refractivity contribution in [2.75, 3.05) is 6.54 Å². The van der Waals surface area contributed by atoms with E-state index in [9.17, 15) is 4.79 Å². The lowest BCUT2D eigenvalue weighted by Gasteiger charge is -2.29. The maximum atomic E-state index is 12.2. The number of hydrogen-bond donors (Lipinski definition) is 0. The quantitative estimate of drug-likeness (QED) is 0.778. The fraction of sp³-hybridized carbons (Fsp3) is 0.600. The van der Waals surface area contributed by atoms with Gasteiger partial charge in [-0.3, -0.25) is 4.98 Å². The second-order valence-electron chi connectivity index (χ2n) is 6.06. The summed E-state index contributed by atoms with van der Waals surface area (Å²) in [6.07, 6.45) is 5.41. The van der Waals surface area contributed by atoms with E-state index in [2.05, 4.69) is 11.9 Å². The molecule has 1 aliphatic rings. The first kappa shape index (κ1) is 13.8. The van der Waals surface area contributed by atoms with Gasteiger partial charge in [-0.2, -0.15) is 0 Å². The van der Waals surface area contributed by atoms with Gasteiger partial charge in [0.15, 0.2) is 0 Å². The highest BCUT2D eigenvalue weighted by Gasteiger charge is 2.33. The van der Waals surface area contributed by atoms with Gasteiger partial charge in [-0.25, -0.2) is 4.79 Å². The van der Waals surface area contributed by atoms with Crippen LogP contribution in [0.25, 0.3) is 0 Å². The molecule has 4 nitrogen and oxygen atoms in total. The number of aromatic nitrogens is 1. The highest BCUT2D eigenvalue weighted by atomic mass is 16.6. The third kappa shape index (κ3) is 3.25. The van der Waals surface area contributed by atoms with Gasteiger partial charge in [-0.15, -0.1) is 0 Å². The van der Waals surface area contributed by atoms with Crippen molar-refractivity contribution < 1.29 is 9.53 Å². The van der Waals surface area contributed by atoms with Crippen LogP contribution in [-0.4, -0.2) is 28.1 Å². The number of carbonyl (C=O) groups is 1. The lowest BCUT2D eigenvalue weighted by atomic mass is 10.0. The number of aryl methyl sites for hydroxylation is 1. The molecule has 1 aromatic heterocycles. The van der Waals surface area contributed by atoms with Crippen LogP contribution < -0.4 is 0 Å². The van der Waals surface area contributed by atoms with Crippen molar-refractivity contribution in [1.29, 1.82) is 0 Å². The van der Waals surface area contributed by atoms with Gasteiger partial charge in [-0.05, 0) is 57.7 Å². The van der Waals surface area contributed by atoms with Crippen molar-refractivity contribution in [3.63, 3.8) is 0 Å². The van der Waals surface area contributed by atoms with Crippen molar-refractivity contribution in [2.24, 2.45) is 0 Å². The van der Waals surface area contributed by atoms with Gasteiger partial charge in [0.05, 0.1) is 6.04 Å². The van der Waals surface area contributed by atoms with E-state index < -0.39 is 5.60 Å². The normalized spacial score (nSPS) is 19.6. The summed E-state index contributed by atoms with van der Waals surface area (Å²) in [6, 6.07) is 2.09. The highest BCUT2D eigenvalue weighted by Crippen LogP contribution is 2.34. The van der Waals surface area contributed by atoms with E-state index in [-0.39, 0.29) is 12.1 Å². The number of hydrogen-bond acceptors (Lipinski definition) is 3. The minimum atomic E-state index is -0.450. The Morgan fingerprint density at radius 3 is 2.84 bits per heavy atom. The van der Waals surface area contributed by atoms with E-state index in [1.807, 2.05) is 37.9 Å². The number of carbonyl (C=O) groups excluding carboxylic acids is 1. The molecule has 1 saturated heterocycles. The average molecular weight is 262 g/mol. The molecule has 1 atom stereocenters. The Morgan fingerprint density at radius 2 is 2.21 bits per heavy atom. The second-order valence-corrected chi connectivity index (χ2v) is 6.06. The average Bonchev–Trinajstić information content (AvgIpc) is 2.76. The Balaban J connectivity index is 2.18. The molecular weight excluding hydrogens is 240 g/mol. The Morgan fingerprint density at radius 1 is 1.47 bits per heavy atom. The van der Waals surface area contributed by atoms with Crippen molar-refractivity contribution in [2.45, 2.75) is 52.2 Å². The van der Waals surface area contributed by atoms with Crippen LogP contribution in [0.15, 0.2) is 18.5 Å². The van der Waals surface area contributed by atoms with E-state index in [0.717, 1.165) is 24.9 Å². The predicted molar refractivity (Wildman–Crippen MR) is 73.9 cm³/mol. The van der Waals surface area contributed by atoms with Gasteiger partial charge in [0.1, 0.15) is 5.60 Å². The van der Waals surface area contributed by atoms with Crippen LogP contribution >= 0.6 is 0 Å². The van der Waals surface area contributed by atoms with E-state index in [4.69, 9.17) is 4.74 Å². The SMILES string of the molecule is Cc1ccncc1[C@@H]1CCCN1C(=O)OC(C)(C)C. The fourth-order valence-electron chi connectivity index (χ4n) is 2.45. The van der Waals surface area contributed by atoms with Crippen LogP contribution in [-0.2, 0) is 4.74 Å². The van der Waals surface area contributed by atoms with Gasteiger partial charge >= 0.3 is 6.09 Å². The molecule has 0 saturated carbocycles. The van der Waals surface area contributed by atoms with Crippen LogP contribution in [0.5, 0.6) is 0 Å². The van der Waals surface area contributed by atoms with Crippen LogP contribution in [0.1, 0.15) is 50.8 Å². The lowest BCUT2D eigenvalue weighted by molar-refractivity contribution is 0.0224. The molecule has 0 aromatic carbocycles. The summed E-state index contributed by atoms with van der Waals surface area (Å²) in [5.41, 5.74) is 1.86. The topological polar surface area (TPSA) is 42.4 Å². The van der Waals surface area contributed by atoms with Crippen LogP contribution in [0.4, 0.5) is 4.79 Å². The number of likely N-dealkylation sites (tertiary alicyclic amines) is 1. The van der Waals surface area contributed by atoms with Crippen LogP contribution in [0.2, 0.25) is 0 Å². The minimum Gasteiger partial charge on any atom is -0.444 e. The lowest BCUT2D eigenvalue weighted by Crippen LogP contribution is -2.36. The summed E-state index contributed by atoms with van der Waals surface area (Å²) >= 11 is 0. The summed E-state index contributed by atoms with van der Waals surface area (Å²) in [5.74, 6) is 0. The molecule has 4 heteroatoms.